The van der Waals surface area contributed by atoms with Gasteiger partial charge >= 0.3 is 6.18 Å². The van der Waals surface area contributed by atoms with E-state index in [4.69, 9.17) is 4.74 Å². The smallest absolute Gasteiger partial charge is 0.385 e. The number of hydrogen-bond donors (Lipinski definition) is 2. The van der Waals surface area contributed by atoms with Gasteiger partial charge in [-0.05, 0) is 31.6 Å². The predicted molar refractivity (Wildman–Crippen MR) is 82.0 cm³/mol. The lowest BCUT2D eigenvalue weighted by atomic mass is 9.83. The fourth-order valence-electron chi connectivity index (χ4n) is 2.84. The van der Waals surface area contributed by atoms with Gasteiger partial charge < -0.3 is 15.4 Å². The average molecular weight is 323 g/mol. The van der Waals surface area contributed by atoms with Crippen LogP contribution in [0.2, 0.25) is 0 Å². The lowest BCUT2D eigenvalue weighted by Gasteiger charge is -2.27. The van der Waals surface area contributed by atoms with Crippen LogP contribution in [0.25, 0.3) is 0 Å². The van der Waals surface area contributed by atoms with Crippen LogP contribution in [-0.2, 0) is 4.74 Å². The maximum atomic E-state index is 12.2. The summed E-state index contributed by atoms with van der Waals surface area (Å²) in [5.74, 6) is 0.468. The lowest BCUT2D eigenvalue weighted by molar-refractivity contribution is -0.132. The van der Waals surface area contributed by atoms with Gasteiger partial charge in [0.2, 0.25) is 0 Å². The topological polar surface area (TPSA) is 45.7 Å². The maximum Gasteiger partial charge on any atom is 0.390 e. The number of nitrogens with one attached hydrogen (secondary N) is 2. The van der Waals surface area contributed by atoms with Crippen molar-refractivity contribution in [2.75, 3.05) is 33.4 Å². The van der Waals surface area contributed by atoms with Crippen molar-refractivity contribution in [1.82, 2.24) is 10.6 Å². The highest BCUT2D eigenvalue weighted by Gasteiger charge is 2.33. The first-order valence-corrected chi connectivity index (χ1v) is 7.99. The summed E-state index contributed by atoms with van der Waals surface area (Å²) in [5, 5.41) is 5.77. The first-order valence-electron chi connectivity index (χ1n) is 7.99. The van der Waals surface area contributed by atoms with Gasteiger partial charge in [0.05, 0.1) is 6.42 Å². The second kappa shape index (κ2) is 9.22. The molecular formula is C15H28F3N3O. The molecule has 4 nitrogen and oxygen atoms in total. The molecule has 0 aromatic carbocycles. The van der Waals surface area contributed by atoms with E-state index in [1.165, 1.54) is 12.8 Å². The second-order valence-corrected chi connectivity index (χ2v) is 5.94. The van der Waals surface area contributed by atoms with Crippen LogP contribution in [0.3, 0.4) is 0 Å². The number of aliphatic imine (C=N–C) groups is 1. The van der Waals surface area contributed by atoms with Crippen LogP contribution in [0, 0.1) is 5.41 Å². The molecule has 130 valence electrons. The summed E-state index contributed by atoms with van der Waals surface area (Å²) in [4.78, 5) is 4.51. The zero-order valence-corrected chi connectivity index (χ0v) is 13.6. The van der Waals surface area contributed by atoms with Crippen LogP contribution >= 0.6 is 0 Å². The summed E-state index contributed by atoms with van der Waals surface area (Å²) >= 11 is 0. The number of methoxy groups -OCH3 is 1. The molecule has 1 fully saturated rings. The summed E-state index contributed by atoms with van der Waals surface area (Å²) in [7, 11) is 1.69. The molecule has 0 bridgehead atoms. The molecule has 22 heavy (non-hydrogen) atoms. The molecule has 0 heterocycles. The Morgan fingerprint density at radius 1 is 1.23 bits per heavy atom. The second-order valence-electron chi connectivity index (χ2n) is 5.94. The summed E-state index contributed by atoms with van der Waals surface area (Å²) in [5.41, 5.74) is 0.141. The number of halogens is 3. The fourth-order valence-corrected chi connectivity index (χ4v) is 2.84. The molecule has 0 spiro atoms. The van der Waals surface area contributed by atoms with Gasteiger partial charge in [0.1, 0.15) is 0 Å². The molecule has 2 N–H and O–H groups in total. The van der Waals surface area contributed by atoms with E-state index in [-0.39, 0.29) is 12.0 Å². The van der Waals surface area contributed by atoms with Crippen molar-refractivity contribution in [3.8, 4) is 0 Å². The van der Waals surface area contributed by atoms with Gasteiger partial charge in [-0.15, -0.1) is 0 Å². The molecule has 0 aliphatic heterocycles. The normalized spacial score (nSPS) is 18.5. The zero-order chi connectivity index (χ0) is 16.5. The summed E-state index contributed by atoms with van der Waals surface area (Å²) in [6.07, 6.45) is 0.564. The monoisotopic (exact) mass is 323 g/mol. The molecule has 1 saturated carbocycles. The van der Waals surface area contributed by atoms with E-state index in [9.17, 15) is 13.2 Å². The quantitative estimate of drug-likeness (QED) is 0.533. The largest absolute Gasteiger partial charge is 0.390 e. The van der Waals surface area contributed by atoms with Crippen molar-refractivity contribution in [1.29, 1.82) is 0 Å². The van der Waals surface area contributed by atoms with Crippen molar-refractivity contribution in [2.24, 2.45) is 10.4 Å². The van der Waals surface area contributed by atoms with Crippen LogP contribution in [0.5, 0.6) is 0 Å². The van der Waals surface area contributed by atoms with Gasteiger partial charge in [-0.25, -0.2) is 0 Å². The predicted octanol–water partition coefficient (Wildman–Crippen LogP) is 3.09. The molecule has 0 aromatic rings. The summed E-state index contributed by atoms with van der Waals surface area (Å²) in [6, 6.07) is 0. The van der Waals surface area contributed by atoms with E-state index in [2.05, 4.69) is 15.6 Å². The number of alkyl halides is 3. The minimum absolute atomic E-state index is 0.141. The Balaban J connectivity index is 2.55. The SMILES string of the molecule is CCNC(=NCC1(CCOC)CCCC1)NCCC(F)(F)F. The third kappa shape index (κ3) is 7.33. The standard InChI is InChI=1S/C15H28F3N3O/c1-3-19-13(20-10-8-15(16,17)18)21-12-14(9-11-22-2)6-4-5-7-14/h3-12H2,1-2H3,(H2,19,20,21). The van der Waals surface area contributed by atoms with Gasteiger partial charge in [-0.3, -0.25) is 4.99 Å². The van der Waals surface area contributed by atoms with E-state index < -0.39 is 12.6 Å². The highest BCUT2D eigenvalue weighted by Crippen LogP contribution is 2.41. The Hall–Kier alpha value is -0.980. The Labute approximate surface area is 130 Å². The molecule has 1 aliphatic carbocycles. The fraction of sp³-hybridized carbons (Fsp3) is 0.933. The number of ether oxygens (including phenoxy) is 1. The van der Waals surface area contributed by atoms with E-state index in [0.717, 1.165) is 19.3 Å². The van der Waals surface area contributed by atoms with E-state index in [0.29, 0.717) is 25.7 Å². The van der Waals surface area contributed by atoms with Crippen molar-refractivity contribution in [3.05, 3.63) is 0 Å². The Morgan fingerprint density at radius 2 is 1.91 bits per heavy atom. The van der Waals surface area contributed by atoms with Crippen molar-refractivity contribution >= 4 is 5.96 Å². The zero-order valence-electron chi connectivity index (χ0n) is 13.6. The molecule has 1 aliphatic rings. The molecule has 0 amide bonds. The maximum absolute atomic E-state index is 12.2. The van der Waals surface area contributed by atoms with Gasteiger partial charge in [-0.2, -0.15) is 13.2 Å². The number of rotatable bonds is 8. The third-order valence-electron chi connectivity index (χ3n) is 4.12. The molecule has 0 atom stereocenters. The molecule has 0 unspecified atom stereocenters. The molecule has 0 saturated heterocycles. The van der Waals surface area contributed by atoms with Gasteiger partial charge in [0.15, 0.2) is 5.96 Å². The van der Waals surface area contributed by atoms with Gasteiger partial charge in [-0.1, -0.05) is 12.8 Å². The Morgan fingerprint density at radius 3 is 2.45 bits per heavy atom. The van der Waals surface area contributed by atoms with Crippen LogP contribution < -0.4 is 10.6 Å². The molecular weight excluding hydrogens is 295 g/mol. The number of nitrogens with zero attached hydrogens (tertiary/aromatic N) is 1. The molecule has 7 heteroatoms. The first kappa shape index (κ1) is 19.1. The van der Waals surface area contributed by atoms with E-state index >= 15 is 0 Å². The lowest BCUT2D eigenvalue weighted by Crippen LogP contribution is -2.40. The van der Waals surface area contributed by atoms with Gasteiger partial charge in [0, 0.05) is 33.4 Å². The third-order valence-corrected chi connectivity index (χ3v) is 4.12. The molecule has 1 rings (SSSR count). The first-order chi connectivity index (χ1) is 10.4. The van der Waals surface area contributed by atoms with E-state index in [1.807, 2.05) is 6.92 Å². The number of hydrogen-bond acceptors (Lipinski definition) is 2. The minimum atomic E-state index is -4.14. The van der Waals surface area contributed by atoms with Crippen molar-refractivity contribution in [2.45, 2.75) is 51.6 Å². The van der Waals surface area contributed by atoms with Crippen LogP contribution in [0.1, 0.15) is 45.4 Å². The van der Waals surface area contributed by atoms with Crippen LogP contribution in [0.4, 0.5) is 13.2 Å². The summed E-state index contributed by atoms with van der Waals surface area (Å²) in [6.45, 7) is 3.71. The Kier molecular flexibility index (Phi) is 8.00. The minimum Gasteiger partial charge on any atom is -0.385 e. The highest BCUT2D eigenvalue weighted by molar-refractivity contribution is 5.79. The van der Waals surface area contributed by atoms with Crippen LogP contribution in [-0.4, -0.2) is 45.5 Å². The van der Waals surface area contributed by atoms with Crippen molar-refractivity contribution in [3.63, 3.8) is 0 Å². The highest BCUT2D eigenvalue weighted by atomic mass is 19.4. The van der Waals surface area contributed by atoms with Crippen LogP contribution in [0.15, 0.2) is 4.99 Å². The summed E-state index contributed by atoms with van der Waals surface area (Å²) < 4.78 is 41.8. The molecule has 0 aromatic heterocycles. The van der Waals surface area contributed by atoms with E-state index in [1.54, 1.807) is 7.11 Å². The van der Waals surface area contributed by atoms with Gasteiger partial charge in [0.25, 0.3) is 0 Å². The Bertz CT molecular complexity index is 339. The average Bonchev–Trinajstić information content (AvgIpc) is 2.91. The van der Waals surface area contributed by atoms with Crippen molar-refractivity contribution < 1.29 is 17.9 Å². The number of guanidine groups is 1. The molecule has 0 radical (unpaired) electrons.